The van der Waals surface area contributed by atoms with Crippen molar-refractivity contribution in [1.82, 2.24) is 5.32 Å². The summed E-state index contributed by atoms with van der Waals surface area (Å²) in [7, 11) is 0. The van der Waals surface area contributed by atoms with Gasteiger partial charge in [0.2, 0.25) is 0 Å². The molecule has 0 aromatic heterocycles. The third-order valence-corrected chi connectivity index (χ3v) is 4.38. The summed E-state index contributed by atoms with van der Waals surface area (Å²) in [6.07, 6.45) is 1.19. The number of hydrogen-bond donors (Lipinski definition) is 1. The van der Waals surface area contributed by atoms with Crippen LogP contribution in [0.25, 0.3) is 0 Å². The number of nitrogens with zero attached hydrogens (tertiary/aromatic N) is 2. The summed E-state index contributed by atoms with van der Waals surface area (Å²) in [5, 5.41) is 3.48. The Morgan fingerprint density at radius 2 is 1.80 bits per heavy atom. The number of nitrogens with one attached hydrogen (secondary N) is 1. The van der Waals surface area contributed by atoms with E-state index in [0.29, 0.717) is 6.04 Å². The van der Waals surface area contributed by atoms with E-state index in [0.717, 1.165) is 45.9 Å². The first-order valence-electron chi connectivity index (χ1n) is 7.78. The Balaban J connectivity index is 1.71. The van der Waals surface area contributed by atoms with Gasteiger partial charge in [-0.2, -0.15) is 0 Å². The van der Waals surface area contributed by atoms with Crippen LogP contribution in [0.4, 0.5) is 11.4 Å². The lowest BCUT2D eigenvalue weighted by Gasteiger charge is -2.38. The lowest BCUT2D eigenvalue weighted by molar-refractivity contribution is 0.122. The number of benzene rings is 1. The molecule has 4 nitrogen and oxygen atoms in total. The second-order valence-electron chi connectivity index (χ2n) is 5.58. The highest BCUT2D eigenvalue weighted by Crippen LogP contribution is 2.24. The van der Waals surface area contributed by atoms with Crippen molar-refractivity contribution in [1.29, 1.82) is 0 Å². The number of ether oxygens (including phenoxy) is 1. The number of rotatable bonds is 3. The normalized spacial score (nSPS) is 23.9. The molecule has 2 aliphatic heterocycles. The van der Waals surface area contributed by atoms with E-state index in [-0.39, 0.29) is 0 Å². The number of morpholine rings is 1. The molecule has 2 aliphatic rings. The molecule has 2 heterocycles. The Labute approximate surface area is 121 Å². The maximum atomic E-state index is 5.41. The molecule has 0 bridgehead atoms. The monoisotopic (exact) mass is 275 g/mol. The minimum Gasteiger partial charge on any atom is -0.378 e. The van der Waals surface area contributed by atoms with Crippen LogP contribution in [0.5, 0.6) is 0 Å². The molecule has 1 aromatic rings. The van der Waals surface area contributed by atoms with Crippen molar-refractivity contribution < 1.29 is 4.74 Å². The molecule has 0 aliphatic carbocycles. The van der Waals surface area contributed by atoms with Gasteiger partial charge in [-0.15, -0.1) is 0 Å². The third kappa shape index (κ3) is 2.91. The number of anilines is 2. The Kier molecular flexibility index (Phi) is 4.43. The summed E-state index contributed by atoms with van der Waals surface area (Å²) in [6, 6.07) is 9.69. The third-order valence-electron chi connectivity index (χ3n) is 4.38. The Bertz CT molecular complexity index is 414. The van der Waals surface area contributed by atoms with Crippen molar-refractivity contribution in [3.05, 3.63) is 24.3 Å². The van der Waals surface area contributed by atoms with Crippen LogP contribution in [0.1, 0.15) is 13.3 Å². The molecule has 0 radical (unpaired) electrons. The molecule has 0 amide bonds. The van der Waals surface area contributed by atoms with Crippen molar-refractivity contribution in [2.24, 2.45) is 0 Å². The zero-order valence-corrected chi connectivity index (χ0v) is 12.3. The lowest BCUT2D eigenvalue weighted by Crippen LogP contribution is -2.51. The van der Waals surface area contributed by atoms with E-state index in [2.05, 4.69) is 46.3 Å². The highest BCUT2D eigenvalue weighted by atomic mass is 16.5. The van der Waals surface area contributed by atoms with E-state index in [1.807, 2.05) is 0 Å². The molecule has 0 saturated carbocycles. The minimum absolute atomic E-state index is 0.623. The van der Waals surface area contributed by atoms with Gasteiger partial charge in [-0.1, -0.05) is 6.92 Å². The second-order valence-corrected chi connectivity index (χ2v) is 5.58. The average molecular weight is 275 g/mol. The topological polar surface area (TPSA) is 27.7 Å². The first-order valence-corrected chi connectivity index (χ1v) is 7.78. The predicted molar refractivity (Wildman–Crippen MR) is 83.8 cm³/mol. The van der Waals surface area contributed by atoms with Crippen molar-refractivity contribution in [2.45, 2.75) is 19.4 Å². The molecule has 1 atom stereocenters. The van der Waals surface area contributed by atoms with Gasteiger partial charge >= 0.3 is 0 Å². The van der Waals surface area contributed by atoms with Crippen LogP contribution in [0.15, 0.2) is 24.3 Å². The molecule has 0 spiro atoms. The minimum atomic E-state index is 0.623. The standard InChI is InChI=1S/C16H25N3O/c1-2-14-13-17-7-8-19(14)16-5-3-15(4-6-16)18-9-11-20-12-10-18/h3-6,14,17H,2,7-13H2,1H3. The number of hydrogen-bond acceptors (Lipinski definition) is 4. The van der Waals surface area contributed by atoms with Crippen molar-refractivity contribution in [3.8, 4) is 0 Å². The van der Waals surface area contributed by atoms with Crippen LogP contribution in [0.2, 0.25) is 0 Å². The van der Waals surface area contributed by atoms with Crippen LogP contribution >= 0.6 is 0 Å². The average Bonchev–Trinajstić information content (AvgIpc) is 2.56. The van der Waals surface area contributed by atoms with Gasteiger partial charge in [0.25, 0.3) is 0 Å². The number of piperazine rings is 1. The van der Waals surface area contributed by atoms with Gasteiger partial charge in [0.05, 0.1) is 13.2 Å². The van der Waals surface area contributed by atoms with Crippen LogP contribution in [0, 0.1) is 0 Å². The fourth-order valence-electron chi connectivity index (χ4n) is 3.14. The summed E-state index contributed by atoms with van der Waals surface area (Å²) in [5.74, 6) is 0. The molecule has 4 heteroatoms. The molecule has 20 heavy (non-hydrogen) atoms. The van der Waals surface area contributed by atoms with Gasteiger partial charge < -0.3 is 19.9 Å². The molecular weight excluding hydrogens is 250 g/mol. The molecule has 3 rings (SSSR count). The van der Waals surface area contributed by atoms with Crippen LogP contribution in [0.3, 0.4) is 0 Å². The van der Waals surface area contributed by atoms with Gasteiger partial charge in [-0.3, -0.25) is 0 Å². The van der Waals surface area contributed by atoms with Crippen LogP contribution in [-0.4, -0.2) is 52.0 Å². The molecule has 1 aromatic carbocycles. The molecule has 1 N–H and O–H groups in total. The first-order chi connectivity index (χ1) is 9.88. The Morgan fingerprint density at radius 3 is 2.50 bits per heavy atom. The molecular formula is C16H25N3O. The highest BCUT2D eigenvalue weighted by molar-refractivity contribution is 5.57. The van der Waals surface area contributed by atoms with Gasteiger partial charge in [0.15, 0.2) is 0 Å². The summed E-state index contributed by atoms with van der Waals surface area (Å²) in [5.41, 5.74) is 2.68. The lowest BCUT2D eigenvalue weighted by atomic mass is 10.1. The van der Waals surface area contributed by atoms with Crippen molar-refractivity contribution >= 4 is 11.4 Å². The first kappa shape index (κ1) is 13.7. The zero-order chi connectivity index (χ0) is 13.8. The van der Waals surface area contributed by atoms with Crippen molar-refractivity contribution in [3.63, 3.8) is 0 Å². The largest absolute Gasteiger partial charge is 0.378 e. The Morgan fingerprint density at radius 1 is 1.10 bits per heavy atom. The van der Waals surface area contributed by atoms with Gasteiger partial charge in [0.1, 0.15) is 0 Å². The Hall–Kier alpha value is -1.26. The summed E-state index contributed by atoms with van der Waals surface area (Å²) < 4.78 is 5.41. The van der Waals surface area contributed by atoms with E-state index < -0.39 is 0 Å². The molecule has 1 unspecified atom stereocenters. The van der Waals surface area contributed by atoms with Gasteiger partial charge in [-0.25, -0.2) is 0 Å². The predicted octanol–water partition coefficient (Wildman–Crippen LogP) is 1.71. The fraction of sp³-hybridized carbons (Fsp3) is 0.625. The maximum Gasteiger partial charge on any atom is 0.0642 e. The van der Waals surface area contributed by atoms with Gasteiger partial charge in [-0.05, 0) is 30.7 Å². The quantitative estimate of drug-likeness (QED) is 0.909. The summed E-state index contributed by atoms with van der Waals surface area (Å²) in [6.45, 7) is 9.26. The zero-order valence-electron chi connectivity index (χ0n) is 12.3. The molecule has 2 fully saturated rings. The van der Waals surface area contributed by atoms with Gasteiger partial charge in [0, 0.05) is 50.1 Å². The fourth-order valence-corrected chi connectivity index (χ4v) is 3.14. The van der Waals surface area contributed by atoms with Crippen molar-refractivity contribution in [2.75, 3.05) is 55.7 Å². The maximum absolute atomic E-state index is 5.41. The molecule has 110 valence electrons. The van der Waals surface area contributed by atoms with E-state index in [1.165, 1.54) is 17.8 Å². The van der Waals surface area contributed by atoms with Crippen LogP contribution in [-0.2, 0) is 4.74 Å². The highest BCUT2D eigenvalue weighted by Gasteiger charge is 2.21. The summed E-state index contributed by atoms with van der Waals surface area (Å²) in [4.78, 5) is 4.95. The van der Waals surface area contributed by atoms with E-state index in [9.17, 15) is 0 Å². The van der Waals surface area contributed by atoms with E-state index in [1.54, 1.807) is 0 Å². The summed E-state index contributed by atoms with van der Waals surface area (Å²) >= 11 is 0. The van der Waals surface area contributed by atoms with E-state index in [4.69, 9.17) is 4.74 Å². The second kappa shape index (κ2) is 6.46. The van der Waals surface area contributed by atoms with Crippen LogP contribution < -0.4 is 15.1 Å². The van der Waals surface area contributed by atoms with E-state index >= 15 is 0 Å². The SMILES string of the molecule is CCC1CNCCN1c1ccc(N2CCOCC2)cc1. The molecule has 2 saturated heterocycles. The smallest absolute Gasteiger partial charge is 0.0642 e.